The first-order valence-electron chi connectivity index (χ1n) is 15.6. The number of rotatable bonds is 8. The lowest BCUT2D eigenvalue weighted by Gasteiger charge is -2.33. The van der Waals surface area contributed by atoms with E-state index in [4.69, 9.17) is 9.15 Å². The molecule has 2 aliphatic heterocycles. The van der Waals surface area contributed by atoms with Crippen molar-refractivity contribution in [2.24, 2.45) is 23.7 Å². The highest BCUT2D eigenvalue weighted by atomic mass is 19.4. The van der Waals surface area contributed by atoms with Crippen molar-refractivity contribution in [2.75, 3.05) is 11.5 Å². The zero-order valence-electron chi connectivity index (χ0n) is 26.1. The van der Waals surface area contributed by atoms with E-state index >= 15 is 0 Å². The fraction of sp³-hybridized carbons (Fsp3) is 0.389. The number of alkyl halides is 6. The van der Waals surface area contributed by atoms with Crippen LogP contribution >= 0.6 is 0 Å². The van der Waals surface area contributed by atoms with Crippen LogP contribution < -0.4 is 4.90 Å². The number of anilines is 1. The number of benzene rings is 2. The maximum absolute atomic E-state index is 13.9. The molecule has 48 heavy (non-hydrogen) atoms. The van der Waals surface area contributed by atoms with E-state index in [0.717, 1.165) is 22.3 Å². The molecule has 1 N–H and O–H groups in total. The molecular formula is C36H33F6NO5. The molecule has 3 heterocycles. The highest BCUT2D eigenvalue weighted by Crippen LogP contribution is 2.52. The molecule has 2 amide bonds. The Labute approximate surface area is 272 Å². The molecule has 0 unspecified atom stereocenters. The summed E-state index contributed by atoms with van der Waals surface area (Å²) in [6.07, 6.45) is -7.62. The maximum Gasteiger partial charge on any atom is 0.416 e. The van der Waals surface area contributed by atoms with Crippen molar-refractivity contribution in [2.45, 2.75) is 58.2 Å². The van der Waals surface area contributed by atoms with Gasteiger partial charge in [0.25, 0.3) is 0 Å². The molecule has 6 nitrogen and oxygen atoms in total. The Balaban J connectivity index is 1.31. The van der Waals surface area contributed by atoms with Gasteiger partial charge in [-0.2, -0.15) is 26.3 Å². The van der Waals surface area contributed by atoms with Crippen LogP contribution in [-0.2, 0) is 33.3 Å². The second-order valence-electron chi connectivity index (χ2n) is 12.7. The van der Waals surface area contributed by atoms with E-state index in [1.54, 1.807) is 12.1 Å². The zero-order valence-corrected chi connectivity index (χ0v) is 26.1. The summed E-state index contributed by atoms with van der Waals surface area (Å²) < 4.78 is 93.9. The Morgan fingerprint density at radius 1 is 0.938 bits per heavy atom. The number of hydrogen-bond acceptors (Lipinski definition) is 5. The number of aliphatic hydroxyl groups excluding tert-OH is 1. The number of nitrogens with zero attached hydrogens (tertiary/aromatic N) is 1. The number of carbonyl (C=O) groups excluding carboxylic acids is 2. The first-order chi connectivity index (χ1) is 22.7. The quantitative estimate of drug-likeness (QED) is 0.148. The number of amides is 2. The average molecular weight is 674 g/mol. The van der Waals surface area contributed by atoms with Gasteiger partial charge in [-0.3, -0.25) is 9.59 Å². The van der Waals surface area contributed by atoms with Crippen molar-refractivity contribution in [3.8, 4) is 0 Å². The first-order valence-corrected chi connectivity index (χ1v) is 15.6. The van der Waals surface area contributed by atoms with Gasteiger partial charge in [-0.1, -0.05) is 49.8 Å². The highest BCUT2D eigenvalue weighted by molar-refractivity contribution is 6.22. The average Bonchev–Trinajstić information content (AvgIpc) is 3.74. The maximum atomic E-state index is 13.9. The second kappa shape index (κ2) is 12.7. The molecule has 12 heteroatoms. The van der Waals surface area contributed by atoms with E-state index in [1.807, 2.05) is 50.3 Å². The fourth-order valence-corrected chi connectivity index (χ4v) is 7.25. The Kier molecular flexibility index (Phi) is 8.93. The Hall–Kier alpha value is -4.16. The van der Waals surface area contributed by atoms with Crippen LogP contribution in [0.5, 0.6) is 0 Å². The topological polar surface area (TPSA) is 80.0 Å². The molecule has 1 aromatic heterocycles. The summed E-state index contributed by atoms with van der Waals surface area (Å²) in [5.41, 5.74) is -0.272. The number of carbonyl (C=O) groups is 2. The SMILES string of the molecule is CC(C)C1=C2[C@@H](CC/C(=C/c3ccc(CO)o3)c3ccccc3)OC[C@@H]2[C@@H]2C(=O)N(c3cc(C(F)(F)F)cc(C(F)(F)F)c3)C(=O)[C@@H]2C1. The Bertz CT molecular complexity index is 1740. The van der Waals surface area contributed by atoms with Crippen LogP contribution in [0.2, 0.25) is 0 Å². The first kappa shape index (κ1) is 33.7. The molecule has 6 rings (SSSR count). The molecule has 0 radical (unpaired) electrons. The third kappa shape index (κ3) is 6.35. The smallest absolute Gasteiger partial charge is 0.416 e. The summed E-state index contributed by atoms with van der Waals surface area (Å²) >= 11 is 0. The van der Waals surface area contributed by atoms with Crippen LogP contribution in [0.4, 0.5) is 32.0 Å². The second-order valence-corrected chi connectivity index (χ2v) is 12.7. The normalized spacial score (nSPS) is 23.4. The number of halogens is 6. The molecule has 0 bridgehead atoms. The van der Waals surface area contributed by atoms with E-state index in [0.29, 0.717) is 41.4 Å². The summed E-state index contributed by atoms with van der Waals surface area (Å²) in [7, 11) is 0. The van der Waals surface area contributed by atoms with Gasteiger partial charge >= 0.3 is 12.4 Å². The van der Waals surface area contributed by atoms with Crippen molar-refractivity contribution in [3.05, 3.63) is 100 Å². The van der Waals surface area contributed by atoms with Crippen LogP contribution in [0, 0.1) is 23.7 Å². The van der Waals surface area contributed by atoms with Crippen LogP contribution in [0.3, 0.4) is 0 Å². The molecular weight excluding hydrogens is 640 g/mol. The number of furan rings is 1. The fourth-order valence-electron chi connectivity index (χ4n) is 7.25. The van der Waals surface area contributed by atoms with Gasteiger partial charge in [-0.15, -0.1) is 0 Å². The number of fused-ring (bicyclic) bond motifs is 3. The molecule has 2 aromatic carbocycles. The molecule has 2 saturated heterocycles. The number of aliphatic hydroxyl groups is 1. The molecule has 0 saturated carbocycles. The highest BCUT2D eigenvalue weighted by Gasteiger charge is 2.58. The summed E-state index contributed by atoms with van der Waals surface area (Å²) in [6, 6.07) is 13.9. The molecule has 0 spiro atoms. The van der Waals surface area contributed by atoms with Crippen molar-refractivity contribution >= 4 is 29.2 Å². The van der Waals surface area contributed by atoms with Gasteiger partial charge in [0.1, 0.15) is 18.1 Å². The zero-order chi connectivity index (χ0) is 34.5. The minimum atomic E-state index is -5.13. The molecule has 3 aliphatic rings. The summed E-state index contributed by atoms with van der Waals surface area (Å²) in [5.74, 6) is -3.18. The molecule has 1 aliphatic carbocycles. The van der Waals surface area contributed by atoms with Gasteiger partial charge in [0.05, 0.1) is 41.4 Å². The van der Waals surface area contributed by atoms with E-state index in [9.17, 15) is 41.0 Å². The van der Waals surface area contributed by atoms with Crippen LogP contribution in [0.25, 0.3) is 11.6 Å². The van der Waals surface area contributed by atoms with Crippen LogP contribution in [-0.4, -0.2) is 29.6 Å². The van der Waals surface area contributed by atoms with Crippen LogP contribution in [0.1, 0.15) is 61.3 Å². The van der Waals surface area contributed by atoms with Crippen molar-refractivity contribution in [3.63, 3.8) is 0 Å². The number of hydrogen-bond donors (Lipinski definition) is 1. The van der Waals surface area contributed by atoms with Gasteiger partial charge in [-0.05, 0) is 78.3 Å². The van der Waals surface area contributed by atoms with E-state index in [-0.39, 0.29) is 31.6 Å². The minimum Gasteiger partial charge on any atom is -0.459 e. The summed E-state index contributed by atoms with van der Waals surface area (Å²) in [4.78, 5) is 28.1. The Morgan fingerprint density at radius 3 is 2.19 bits per heavy atom. The summed E-state index contributed by atoms with van der Waals surface area (Å²) in [5, 5.41) is 9.42. The van der Waals surface area contributed by atoms with E-state index in [2.05, 4.69) is 0 Å². The van der Waals surface area contributed by atoms with Gasteiger partial charge < -0.3 is 14.3 Å². The monoisotopic (exact) mass is 673 g/mol. The third-order valence-corrected chi connectivity index (χ3v) is 9.45. The molecule has 254 valence electrons. The summed E-state index contributed by atoms with van der Waals surface area (Å²) in [6.45, 7) is 3.74. The van der Waals surface area contributed by atoms with Gasteiger partial charge in [0.15, 0.2) is 0 Å². The minimum absolute atomic E-state index is 0.0247. The van der Waals surface area contributed by atoms with E-state index < -0.39 is 64.8 Å². The molecule has 2 fully saturated rings. The largest absolute Gasteiger partial charge is 0.459 e. The lowest BCUT2D eigenvalue weighted by Crippen LogP contribution is -2.35. The predicted molar refractivity (Wildman–Crippen MR) is 164 cm³/mol. The predicted octanol–water partition coefficient (Wildman–Crippen LogP) is 8.31. The number of imide groups is 1. The number of ether oxygens (including phenoxy) is 1. The van der Waals surface area contributed by atoms with Crippen molar-refractivity contribution < 1.29 is 50.2 Å². The Morgan fingerprint density at radius 2 is 1.60 bits per heavy atom. The molecule has 3 aromatic rings. The third-order valence-electron chi connectivity index (χ3n) is 9.45. The van der Waals surface area contributed by atoms with Crippen LogP contribution in [0.15, 0.2) is 76.2 Å². The number of allylic oxidation sites excluding steroid dienone is 2. The van der Waals surface area contributed by atoms with Gasteiger partial charge in [0, 0.05) is 5.92 Å². The van der Waals surface area contributed by atoms with Crippen molar-refractivity contribution in [1.29, 1.82) is 0 Å². The lowest BCUT2D eigenvalue weighted by atomic mass is 9.67. The van der Waals surface area contributed by atoms with Gasteiger partial charge in [0.2, 0.25) is 11.8 Å². The van der Waals surface area contributed by atoms with E-state index in [1.165, 1.54) is 0 Å². The standard InChI is InChI=1S/C36H33F6NO5/c1-19(2)27-16-28-32(34(46)43(33(28)45)24-14-22(35(37,38)39)13-23(15-24)36(40,41)42)29-18-47-30(31(27)29)11-8-21(20-6-4-3-5-7-20)12-25-9-10-26(17-44)48-25/h3-7,9-10,12-15,19,28-30,32,44H,8,11,16-18H2,1-2H3/b21-12-/t28-,29+,30-,32-/m1/s1. The van der Waals surface area contributed by atoms with Gasteiger partial charge in [-0.25, -0.2) is 4.90 Å². The van der Waals surface area contributed by atoms with Crippen molar-refractivity contribution in [1.82, 2.24) is 0 Å². The lowest BCUT2D eigenvalue weighted by molar-refractivity contribution is -0.143. The molecule has 4 atom stereocenters.